The van der Waals surface area contributed by atoms with E-state index < -0.39 is 0 Å². The van der Waals surface area contributed by atoms with Crippen molar-refractivity contribution in [3.63, 3.8) is 0 Å². The molecule has 1 fully saturated rings. The second kappa shape index (κ2) is 5.56. The highest BCUT2D eigenvalue weighted by atomic mass is 16.2. The van der Waals surface area contributed by atoms with Crippen molar-refractivity contribution in [2.45, 2.75) is 19.8 Å². The van der Waals surface area contributed by atoms with Crippen molar-refractivity contribution in [2.75, 3.05) is 17.2 Å². The van der Waals surface area contributed by atoms with Crippen molar-refractivity contribution in [3.05, 3.63) is 53.7 Å². The van der Waals surface area contributed by atoms with Crippen molar-refractivity contribution >= 4 is 17.4 Å². The van der Waals surface area contributed by atoms with Gasteiger partial charge < -0.3 is 10.6 Å². The number of nitrogen functional groups attached to an aromatic ring is 1. The largest absolute Gasteiger partial charge is 0.383 e. The molecule has 3 rings (SSSR count). The molecule has 0 saturated carbocycles. The molecule has 2 heterocycles. The van der Waals surface area contributed by atoms with Crippen LogP contribution in [0.25, 0.3) is 0 Å². The topological polar surface area (TPSA) is 59.2 Å². The van der Waals surface area contributed by atoms with Crippen LogP contribution in [-0.4, -0.2) is 17.4 Å². The third-order valence-corrected chi connectivity index (χ3v) is 3.97. The maximum atomic E-state index is 12.2. The van der Waals surface area contributed by atoms with Crippen molar-refractivity contribution < 1.29 is 4.79 Å². The first-order chi connectivity index (χ1) is 10.1. The van der Waals surface area contributed by atoms with Gasteiger partial charge in [0.15, 0.2) is 0 Å². The lowest BCUT2D eigenvalue weighted by molar-refractivity contribution is -0.117. The summed E-state index contributed by atoms with van der Waals surface area (Å²) in [5.41, 5.74) is 8.87. The van der Waals surface area contributed by atoms with Gasteiger partial charge in [0.1, 0.15) is 5.82 Å². The molecule has 1 aromatic heterocycles. The number of rotatable bonds is 3. The maximum Gasteiger partial charge on any atom is 0.227 e. The second-order valence-corrected chi connectivity index (χ2v) is 5.66. The summed E-state index contributed by atoms with van der Waals surface area (Å²) in [5, 5.41) is 0. The smallest absolute Gasteiger partial charge is 0.227 e. The molecule has 1 amide bonds. The van der Waals surface area contributed by atoms with E-state index in [0.717, 1.165) is 29.8 Å². The number of amides is 1. The van der Waals surface area contributed by atoms with Gasteiger partial charge in [0.25, 0.3) is 0 Å². The normalized spacial score (nSPS) is 18.2. The van der Waals surface area contributed by atoms with E-state index in [1.807, 2.05) is 48.4 Å². The zero-order valence-corrected chi connectivity index (χ0v) is 12.1. The molecule has 1 saturated heterocycles. The van der Waals surface area contributed by atoms with E-state index in [-0.39, 0.29) is 5.91 Å². The molecule has 1 aromatic carbocycles. The molecule has 0 aliphatic carbocycles. The summed E-state index contributed by atoms with van der Waals surface area (Å²) in [5.74, 6) is 1.11. The molecular formula is C17H19N3O. The Hall–Kier alpha value is -2.36. The zero-order chi connectivity index (χ0) is 14.8. The summed E-state index contributed by atoms with van der Waals surface area (Å²) in [6.07, 6.45) is 3.28. The minimum Gasteiger partial charge on any atom is -0.383 e. The van der Waals surface area contributed by atoms with Gasteiger partial charge in [-0.25, -0.2) is 4.98 Å². The minimum atomic E-state index is 0.200. The molecule has 0 bridgehead atoms. The molecule has 21 heavy (non-hydrogen) atoms. The Morgan fingerprint density at radius 2 is 2.10 bits per heavy atom. The van der Waals surface area contributed by atoms with Crippen molar-refractivity contribution in [2.24, 2.45) is 5.92 Å². The molecule has 4 nitrogen and oxygen atoms in total. The third kappa shape index (κ3) is 2.89. The average Bonchev–Trinajstić information content (AvgIpc) is 2.84. The van der Waals surface area contributed by atoms with Crippen LogP contribution >= 0.6 is 0 Å². The van der Waals surface area contributed by atoms with Crippen LogP contribution in [0, 0.1) is 12.8 Å². The molecule has 1 aliphatic rings. The molecule has 108 valence electrons. The summed E-state index contributed by atoms with van der Waals surface area (Å²) in [7, 11) is 0. The summed E-state index contributed by atoms with van der Waals surface area (Å²) in [4.78, 5) is 18.3. The standard InChI is InChI=1S/C17H19N3O/c1-12-7-13(10-19-17(12)18)8-14-9-16(21)20(11-14)15-5-3-2-4-6-15/h2-7,10,14H,8-9,11H2,1H3,(H2,18,19)/t14-/m1/s1. The minimum absolute atomic E-state index is 0.200. The SMILES string of the molecule is Cc1cc(C[C@@H]2CC(=O)N(c3ccccc3)C2)cnc1N. The fourth-order valence-corrected chi connectivity index (χ4v) is 2.86. The number of aryl methyl sites for hydroxylation is 1. The van der Waals surface area contributed by atoms with Gasteiger partial charge in [0.2, 0.25) is 5.91 Å². The van der Waals surface area contributed by atoms with E-state index in [1.54, 1.807) is 0 Å². The zero-order valence-electron chi connectivity index (χ0n) is 12.1. The van der Waals surface area contributed by atoms with E-state index >= 15 is 0 Å². The highest BCUT2D eigenvalue weighted by Crippen LogP contribution is 2.27. The van der Waals surface area contributed by atoms with Crippen molar-refractivity contribution in [1.82, 2.24) is 4.98 Å². The number of anilines is 2. The summed E-state index contributed by atoms with van der Waals surface area (Å²) < 4.78 is 0. The molecule has 1 aliphatic heterocycles. The number of hydrogen-bond acceptors (Lipinski definition) is 3. The molecule has 4 heteroatoms. The van der Waals surface area contributed by atoms with Gasteiger partial charge in [-0.1, -0.05) is 24.3 Å². The van der Waals surface area contributed by atoms with Crippen LogP contribution in [0.4, 0.5) is 11.5 Å². The summed E-state index contributed by atoms with van der Waals surface area (Å²) >= 11 is 0. The lowest BCUT2D eigenvalue weighted by atomic mass is 9.99. The average molecular weight is 281 g/mol. The van der Waals surface area contributed by atoms with Gasteiger partial charge in [-0.2, -0.15) is 0 Å². The molecule has 0 unspecified atom stereocenters. The number of nitrogens with two attached hydrogens (primary N) is 1. The van der Waals surface area contributed by atoms with Gasteiger partial charge in [0, 0.05) is 24.8 Å². The first-order valence-electron chi connectivity index (χ1n) is 7.20. The fourth-order valence-electron chi connectivity index (χ4n) is 2.86. The predicted molar refractivity (Wildman–Crippen MR) is 84.0 cm³/mol. The number of pyridine rings is 1. The Labute approximate surface area is 124 Å². The summed E-state index contributed by atoms with van der Waals surface area (Å²) in [6.45, 7) is 2.73. The monoisotopic (exact) mass is 281 g/mol. The molecule has 0 radical (unpaired) electrons. The third-order valence-electron chi connectivity index (χ3n) is 3.97. The van der Waals surface area contributed by atoms with Crippen LogP contribution in [0.3, 0.4) is 0 Å². The van der Waals surface area contributed by atoms with E-state index in [9.17, 15) is 4.79 Å². The van der Waals surface area contributed by atoms with E-state index in [1.165, 1.54) is 0 Å². The molecule has 2 N–H and O–H groups in total. The Morgan fingerprint density at radius 3 is 2.81 bits per heavy atom. The lowest BCUT2D eigenvalue weighted by Gasteiger charge is -2.16. The number of nitrogens with zero attached hydrogens (tertiary/aromatic N) is 2. The van der Waals surface area contributed by atoms with E-state index in [2.05, 4.69) is 11.1 Å². The molecule has 0 spiro atoms. The van der Waals surface area contributed by atoms with Crippen molar-refractivity contribution in [1.29, 1.82) is 0 Å². The first kappa shape index (κ1) is 13.6. The van der Waals surface area contributed by atoms with Gasteiger partial charge in [-0.3, -0.25) is 4.79 Å². The second-order valence-electron chi connectivity index (χ2n) is 5.66. The highest BCUT2D eigenvalue weighted by Gasteiger charge is 2.30. The number of carbonyl (C=O) groups excluding carboxylic acids is 1. The maximum absolute atomic E-state index is 12.2. The number of hydrogen-bond donors (Lipinski definition) is 1. The van der Waals surface area contributed by atoms with Crippen molar-refractivity contribution in [3.8, 4) is 0 Å². The predicted octanol–water partition coefficient (Wildman–Crippen LogP) is 2.57. The Kier molecular flexibility index (Phi) is 3.60. The van der Waals surface area contributed by atoms with Crippen LogP contribution in [0.2, 0.25) is 0 Å². The van der Waals surface area contributed by atoms with Crippen LogP contribution < -0.4 is 10.6 Å². The fraction of sp³-hybridized carbons (Fsp3) is 0.294. The molecule has 2 aromatic rings. The number of aromatic nitrogens is 1. The van der Waals surface area contributed by atoms with Crippen LogP contribution in [0.15, 0.2) is 42.6 Å². The van der Waals surface area contributed by atoms with Crippen LogP contribution in [-0.2, 0) is 11.2 Å². The Balaban J connectivity index is 1.71. The molecular weight excluding hydrogens is 262 g/mol. The van der Waals surface area contributed by atoms with Gasteiger partial charge in [-0.05, 0) is 42.5 Å². The molecule has 1 atom stereocenters. The first-order valence-corrected chi connectivity index (χ1v) is 7.20. The number of para-hydroxylation sites is 1. The van der Waals surface area contributed by atoms with Gasteiger partial charge in [-0.15, -0.1) is 0 Å². The van der Waals surface area contributed by atoms with Gasteiger partial charge in [0.05, 0.1) is 0 Å². The number of benzene rings is 1. The number of carbonyl (C=O) groups is 1. The van der Waals surface area contributed by atoms with Crippen LogP contribution in [0.1, 0.15) is 17.5 Å². The highest BCUT2D eigenvalue weighted by molar-refractivity contribution is 5.95. The summed E-state index contributed by atoms with van der Waals surface area (Å²) in [6, 6.07) is 11.9. The van der Waals surface area contributed by atoms with Crippen LogP contribution in [0.5, 0.6) is 0 Å². The Morgan fingerprint density at radius 1 is 1.33 bits per heavy atom. The Bertz CT molecular complexity index is 654. The van der Waals surface area contributed by atoms with Gasteiger partial charge >= 0.3 is 0 Å². The van der Waals surface area contributed by atoms with E-state index in [0.29, 0.717) is 18.2 Å². The van der Waals surface area contributed by atoms with E-state index in [4.69, 9.17) is 5.73 Å². The quantitative estimate of drug-likeness (QED) is 0.940. The lowest BCUT2D eigenvalue weighted by Crippen LogP contribution is -2.24.